The van der Waals surface area contributed by atoms with Crippen LogP contribution in [-0.4, -0.2) is 20.7 Å². The van der Waals surface area contributed by atoms with Crippen molar-refractivity contribution in [3.8, 4) is 11.4 Å². The fraction of sp³-hybridized carbons (Fsp3) is 0.318. The van der Waals surface area contributed by atoms with Crippen molar-refractivity contribution in [1.82, 2.24) is 14.8 Å². The van der Waals surface area contributed by atoms with Crippen LogP contribution in [0.1, 0.15) is 37.1 Å². The molecule has 0 saturated heterocycles. The van der Waals surface area contributed by atoms with Crippen LogP contribution in [0.3, 0.4) is 0 Å². The summed E-state index contributed by atoms with van der Waals surface area (Å²) in [6, 6.07) is 13.2. The molecule has 29 heavy (non-hydrogen) atoms. The lowest BCUT2D eigenvalue weighted by molar-refractivity contribution is -0.116. The first-order valence-electron chi connectivity index (χ1n) is 9.87. The molecule has 0 spiro atoms. The van der Waals surface area contributed by atoms with Crippen LogP contribution in [0.2, 0.25) is 10.0 Å². The number of rotatable bonds is 5. The van der Waals surface area contributed by atoms with E-state index in [1.165, 1.54) is 6.42 Å². The summed E-state index contributed by atoms with van der Waals surface area (Å²) in [7, 11) is 0. The van der Waals surface area contributed by atoms with Gasteiger partial charge in [-0.05, 0) is 43.0 Å². The second-order valence-corrected chi connectivity index (χ2v) is 8.03. The summed E-state index contributed by atoms with van der Waals surface area (Å²) < 4.78 is 2.20. The van der Waals surface area contributed by atoms with Gasteiger partial charge in [0, 0.05) is 30.6 Å². The van der Waals surface area contributed by atoms with Gasteiger partial charge in [0.25, 0.3) is 0 Å². The predicted molar refractivity (Wildman–Crippen MR) is 116 cm³/mol. The average Bonchev–Trinajstić information content (AvgIpc) is 2.97. The minimum atomic E-state index is -0.0711. The number of carbonyl (C=O) groups is 1. The molecule has 0 saturated carbocycles. The van der Waals surface area contributed by atoms with Gasteiger partial charge in [-0.1, -0.05) is 53.9 Å². The van der Waals surface area contributed by atoms with Gasteiger partial charge in [0.2, 0.25) is 5.91 Å². The molecule has 0 atom stereocenters. The van der Waals surface area contributed by atoms with Crippen molar-refractivity contribution >= 4 is 34.8 Å². The van der Waals surface area contributed by atoms with Crippen LogP contribution in [0.15, 0.2) is 42.5 Å². The lowest BCUT2D eigenvalue weighted by Gasteiger charge is -2.10. The predicted octanol–water partition coefficient (Wildman–Crippen LogP) is 5.55. The molecule has 0 fully saturated rings. The second kappa shape index (κ2) is 8.97. The summed E-state index contributed by atoms with van der Waals surface area (Å²) in [5.41, 5.74) is 2.58. The Balaban J connectivity index is 1.45. The Labute approximate surface area is 180 Å². The number of halogens is 2. The molecule has 1 aromatic heterocycles. The summed E-state index contributed by atoms with van der Waals surface area (Å²) in [6.07, 6.45) is 5.34. The lowest BCUT2D eigenvalue weighted by atomic mass is 10.1. The van der Waals surface area contributed by atoms with Gasteiger partial charge in [-0.3, -0.25) is 4.79 Å². The van der Waals surface area contributed by atoms with Crippen molar-refractivity contribution in [3.63, 3.8) is 0 Å². The molecular formula is C22H22Cl2N4O. The van der Waals surface area contributed by atoms with Crippen LogP contribution >= 0.6 is 23.2 Å². The smallest absolute Gasteiger partial charge is 0.224 e. The van der Waals surface area contributed by atoms with Crippen molar-refractivity contribution in [1.29, 1.82) is 0 Å². The standard InChI is InChI=1S/C22H22Cl2N4O/c23-18-9-5-6-15(21(18)24)11-12-20(29)25-17-8-4-7-16(14-17)22-27-26-19-10-2-1-3-13-28(19)22/h4-9,14H,1-3,10-13H2,(H,25,29). The third-order valence-electron chi connectivity index (χ3n) is 5.17. The first kappa shape index (κ1) is 19.9. The Kier molecular flexibility index (Phi) is 6.16. The topological polar surface area (TPSA) is 59.8 Å². The van der Waals surface area contributed by atoms with Gasteiger partial charge in [0.15, 0.2) is 5.82 Å². The number of benzene rings is 2. The largest absolute Gasteiger partial charge is 0.326 e. The maximum absolute atomic E-state index is 12.4. The first-order chi connectivity index (χ1) is 14.1. The van der Waals surface area contributed by atoms with E-state index in [4.69, 9.17) is 23.2 Å². The Morgan fingerprint density at radius 3 is 2.83 bits per heavy atom. The highest BCUT2D eigenvalue weighted by atomic mass is 35.5. The van der Waals surface area contributed by atoms with Crippen molar-refractivity contribution in [2.45, 2.75) is 45.1 Å². The number of aromatic nitrogens is 3. The fourth-order valence-corrected chi connectivity index (χ4v) is 4.06. The molecule has 7 heteroatoms. The number of nitrogens with zero attached hydrogens (tertiary/aromatic N) is 3. The first-order valence-corrected chi connectivity index (χ1v) is 10.6. The van der Waals surface area contributed by atoms with Gasteiger partial charge in [-0.2, -0.15) is 0 Å². The summed E-state index contributed by atoms with van der Waals surface area (Å²) in [5, 5.41) is 12.7. The van der Waals surface area contributed by atoms with Crippen LogP contribution in [0.5, 0.6) is 0 Å². The van der Waals surface area contributed by atoms with Gasteiger partial charge in [0.05, 0.1) is 10.0 Å². The highest BCUT2D eigenvalue weighted by Crippen LogP contribution is 2.27. The van der Waals surface area contributed by atoms with E-state index in [1.54, 1.807) is 6.07 Å². The van der Waals surface area contributed by atoms with E-state index in [2.05, 4.69) is 20.1 Å². The molecular weight excluding hydrogens is 407 g/mol. The minimum absolute atomic E-state index is 0.0711. The number of nitrogens with one attached hydrogen (secondary N) is 1. The molecule has 0 unspecified atom stereocenters. The normalized spacial score (nSPS) is 13.6. The van der Waals surface area contributed by atoms with Crippen LogP contribution < -0.4 is 5.32 Å². The maximum atomic E-state index is 12.4. The molecule has 2 heterocycles. The van der Waals surface area contributed by atoms with Crippen molar-refractivity contribution in [2.24, 2.45) is 0 Å². The van der Waals surface area contributed by atoms with Crippen LogP contribution in [0, 0.1) is 0 Å². The van der Waals surface area contributed by atoms with E-state index in [9.17, 15) is 4.79 Å². The summed E-state index contributed by atoms with van der Waals surface area (Å²) in [6.45, 7) is 0.939. The maximum Gasteiger partial charge on any atom is 0.224 e. The molecule has 1 N–H and O–H groups in total. The molecule has 0 aliphatic carbocycles. The highest BCUT2D eigenvalue weighted by molar-refractivity contribution is 6.42. The molecule has 2 aromatic carbocycles. The average molecular weight is 429 g/mol. The zero-order chi connectivity index (χ0) is 20.2. The summed E-state index contributed by atoms with van der Waals surface area (Å²) >= 11 is 12.2. The molecule has 0 bridgehead atoms. The van der Waals surface area contributed by atoms with Crippen LogP contribution in [-0.2, 0) is 24.2 Å². The number of fused-ring (bicyclic) bond motifs is 1. The lowest BCUT2D eigenvalue weighted by Crippen LogP contribution is -2.12. The molecule has 5 nitrogen and oxygen atoms in total. The third kappa shape index (κ3) is 4.62. The number of hydrogen-bond donors (Lipinski definition) is 1. The van der Waals surface area contributed by atoms with Gasteiger partial charge in [-0.15, -0.1) is 10.2 Å². The number of aryl methyl sites for hydroxylation is 2. The van der Waals surface area contributed by atoms with Crippen LogP contribution in [0.4, 0.5) is 5.69 Å². The van der Waals surface area contributed by atoms with E-state index in [1.807, 2.05) is 36.4 Å². The fourth-order valence-electron chi connectivity index (χ4n) is 3.65. The Morgan fingerprint density at radius 1 is 1.07 bits per heavy atom. The zero-order valence-electron chi connectivity index (χ0n) is 16.0. The monoisotopic (exact) mass is 428 g/mol. The molecule has 1 aliphatic rings. The number of amides is 1. The molecule has 4 rings (SSSR count). The Morgan fingerprint density at radius 2 is 1.93 bits per heavy atom. The molecule has 3 aromatic rings. The van der Waals surface area contributed by atoms with Crippen molar-refractivity contribution in [2.75, 3.05) is 5.32 Å². The van der Waals surface area contributed by atoms with E-state index >= 15 is 0 Å². The minimum Gasteiger partial charge on any atom is -0.326 e. The van der Waals surface area contributed by atoms with E-state index < -0.39 is 0 Å². The molecule has 150 valence electrons. The molecule has 1 aliphatic heterocycles. The second-order valence-electron chi connectivity index (χ2n) is 7.24. The van der Waals surface area contributed by atoms with Crippen LogP contribution in [0.25, 0.3) is 11.4 Å². The Bertz CT molecular complexity index is 1030. The third-order valence-corrected chi connectivity index (χ3v) is 6.03. The summed E-state index contributed by atoms with van der Waals surface area (Å²) in [4.78, 5) is 12.4. The molecule has 1 amide bonds. The number of carbonyl (C=O) groups excluding carboxylic acids is 1. The van der Waals surface area contributed by atoms with E-state index in [0.717, 1.165) is 54.3 Å². The Hall–Kier alpha value is -2.37. The number of hydrogen-bond acceptors (Lipinski definition) is 3. The van der Waals surface area contributed by atoms with Crippen molar-refractivity contribution < 1.29 is 4.79 Å². The van der Waals surface area contributed by atoms with Crippen molar-refractivity contribution in [3.05, 3.63) is 63.9 Å². The van der Waals surface area contributed by atoms with E-state index in [-0.39, 0.29) is 5.91 Å². The van der Waals surface area contributed by atoms with Gasteiger partial charge in [0.1, 0.15) is 5.82 Å². The zero-order valence-corrected chi connectivity index (χ0v) is 17.5. The highest BCUT2D eigenvalue weighted by Gasteiger charge is 2.16. The number of anilines is 1. The van der Waals surface area contributed by atoms with Gasteiger partial charge in [-0.25, -0.2) is 0 Å². The van der Waals surface area contributed by atoms with Gasteiger partial charge >= 0.3 is 0 Å². The summed E-state index contributed by atoms with van der Waals surface area (Å²) in [5.74, 6) is 1.84. The van der Waals surface area contributed by atoms with Gasteiger partial charge < -0.3 is 9.88 Å². The quantitative estimate of drug-likeness (QED) is 0.579. The van der Waals surface area contributed by atoms with E-state index in [0.29, 0.717) is 22.9 Å². The molecule has 0 radical (unpaired) electrons. The SMILES string of the molecule is O=C(CCc1cccc(Cl)c1Cl)Nc1cccc(-c2nnc3n2CCCCC3)c1.